The van der Waals surface area contributed by atoms with Crippen molar-refractivity contribution in [1.82, 2.24) is 0 Å². The van der Waals surface area contributed by atoms with E-state index in [9.17, 15) is 5.11 Å². The summed E-state index contributed by atoms with van der Waals surface area (Å²) in [6.45, 7) is 1.90. The summed E-state index contributed by atoms with van der Waals surface area (Å²) in [5.41, 5.74) is 4.23. The molecule has 1 aromatic heterocycles. The molecule has 0 radical (unpaired) electrons. The molecule has 3 aromatic carbocycles. The molecule has 0 spiro atoms. The summed E-state index contributed by atoms with van der Waals surface area (Å²) in [7, 11) is 0. The average Bonchev–Trinajstić information content (AvgIpc) is 2.90. The number of aromatic hydroxyl groups is 1. The van der Waals surface area contributed by atoms with Crippen molar-refractivity contribution in [2.75, 3.05) is 0 Å². The van der Waals surface area contributed by atoms with Crippen molar-refractivity contribution in [3.8, 4) is 16.9 Å². The van der Waals surface area contributed by atoms with Gasteiger partial charge in [-0.25, -0.2) is 0 Å². The molecule has 0 aliphatic heterocycles. The van der Waals surface area contributed by atoms with Crippen molar-refractivity contribution >= 4 is 21.9 Å². The highest BCUT2D eigenvalue weighted by molar-refractivity contribution is 6.08. The summed E-state index contributed by atoms with van der Waals surface area (Å²) in [4.78, 5) is 0. The second-order valence-electron chi connectivity index (χ2n) is 5.24. The number of fused-ring (bicyclic) bond motifs is 3. The van der Waals surface area contributed by atoms with Gasteiger partial charge in [0, 0.05) is 21.9 Å². The van der Waals surface area contributed by atoms with Crippen molar-refractivity contribution < 1.29 is 9.52 Å². The van der Waals surface area contributed by atoms with Crippen LogP contribution in [-0.2, 0) is 0 Å². The Labute approximate surface area is 122 Å². The SMILES string of the molecule is Cc1c(O)c(-c2ccccc2)cc2c1oc1ccccc12. The van der Waals surface area contributed by atoms with Crippen LogP contribution in [0.5, 0.6) is 5.75 Å². The average molecular weight is 274 g/mol. The van der Waals surface area contributed by atoms with E-state index in [2.05, 4.69) is 0 Å². The van der Waals surface area contributed by atoms with Crippen molar-refractivity contribution in [3.05, 3.63) is 66.2 Å². The number of furan rings is 1. The summed E-state index contributed by atoms with van der Waals surface area (Å²) >= 11 is 0. The van der Waals surface area contributed by atoms with E-state index in [1.165, 1.54) is 0 Å². The lowest BCUT2D eigenvalue weighted by molar-refractivity contribution is 0.472. The highest BCUT2D eigenvalue weighted by atomic mass is 16.3. The minimum atomic E-state index is 0.285. The highest BCUT2D eigenvalue weighted by Crippen LogP contribution is 2.41. The Morgan fingerprint density at radius 1 is 0.857 bits per heavy atom. The predicted octanol–water partition coefficient (Wildman–Crippen LogP) is 5.27. The molecule has 2 nitrogen and oxygen atoms in total. The van der Waals surface area contributed by atoms with Crippen LogP contribution in [0, 0.1) is 6.92 Å². The Hall–Kier alpha value is -2.74. The quantitative estimate of drug-likeness (QED) is 0.513. The Bertz CT molecular complexity index is 950. The van der Waals surface area contributed by atoms with E-state index in [1.807, 2.05) is 67.6 Å². The number of phenolic OH excluding ortho intramolecular Hbond substituents is 1. The summed E-state index contributed by atoms with van der Waals surface area (Å²) in [5, 5.41) is 12.6. The molecule has 0 unspecified atom stereocenters. The zero-order valence-corrected chi connectivity index (χ0v) is 11.6. The third-order valence-electron chi connectivity index (χ3n) is 3.96. The van der Waals surface area contributed by atoms with Crippen molar-refractivity contribution in [2.24, 2.45) is 0 Å². The first kappa shape index (κ1) is 12.0. The molecule has 0 aliphatic rings. The number of rotatable bonds is 1. The maximum Gasteiger partial charge on any atom is 0.142 e. The van der Waals surface area contributed by atoms with Crippen LogP contribution in [-0.4, -0.2) is 5.11 Å². The molecule has 102 valence electrons. The molecule has 0 aliphatic carbocycles. The smallest absolute Gasteiger partial charge is 0.142 e. The molecule has 0 amide bonds. The number of para-hydroxylation sites is 1. The van der Waals surface area contributed by atoms with Gasteiger partial charge in [0.1, 0.15) is 16.9 Å². The van der Waals surface area contributed by atoms with Crippen LogP contribution in [0.15, 0.2) is 65.1 Å². The fraction of sp³-hybridized carbons (Fsp3) is 0.0526. The van der Waals surface area contributed by atoms with Gasteiger partial charge in [0.2, 0.25) is 0 Å². The minimum absolute atomic E-state index is 0.285. The molecular formula is C19H14O2. The molecule has 2 heteroatoms. The zero-order valence-electron chi connectivity index (χ0n) is 11.6. The molecule has 0 atom stereocenters. The summed E-state index contributed by atoms with van der Waals surface area (Å²) in [6.07, 6.45) is 0. The van der Waals surface area contributed by atoms with Crippen LogP contribution >= 0.6 is 0 Å². The molecule has 21 heavy (non-hydrogen) atoms. The van der Waals surface area contributed by atoms with Gasteiger partial charge in [-0.1, -0.05) is 48.5 Å². The van der Waals surface area contributed by atoms with E-state index in [0.717, 1.165) is 38.6 Å². The lowest BCUT2D eigenvalue weighted by Gasteiger charge is -2.08. The van der Waals surface area contributed by atoms with Gasteiger partial charge in [0.05, 0.1) is 0 Å². The zero-order chi connectivity index (χ0) is 14.4. The van der Waals surface area contributed by atoms with Crippen molar-refractivity contribution in [2.45, 2.75) is 6.92 Å². The van der Waals surface area contributed by atoms with E-state index < -0.39 is 0 Å². The summed E-state index contributed by atoms with van der Waals surface area (Å²) in [6, 6.07) is 19.9. The monoisotopic (exact) mass is 274 g/mol. The van der Waals surface area contributed by atoms with Crippen LogP contribution in [0.2, 0.25) is 0 Å². The Kier molecular flexibility index (Phi) is 2.51. The fourth-order valence-electron chi connectivity index (χ4n) is 2.85. The lowest BCUT2D eigenvalue weighted by atomic mass is 9.98. The maximum atomic E-state index is 10.5. The van der Waals surface area contributed by atoms with Crippen LogP contribution < -0.4 is 0 Å². The number of aryl methyl sites for hydroxylation is 1. The summed E-state index contributed by atoms with van der Waals surface area (Å²) < 4.78 is 5.89. The molecule has 4 rings (SSSR count). The van der Waals surface area contributed by atoms with Crippen LogP contribution in [0.4, 0.5) is 0 Å². The molecule has 0 saturated carbocycles. The molecule has 4 aromatic rings. The first-order chi connectivity index (χ1) is 10.3. The van der Waals surface area contributed by atoms with E-state index in [4.69, 9.17) is 4.42 Å². The Balaban J connectivity index is 2.14. The second-order valence-corrected chi connectivity index (χ2v) is 5.24. The summed E-state index contributed by atoms with van der Waals surface area (Å²) in [5.74, 6) is 0.285. The van der Waals surface area contributed by atoms with E-state index >= 15 is 0 Å². The van der Waals surface area contributed by atoms with Crippen molar-refractivity contribution in [1.29, 1.82) is 0 Å². The maximum absolute atomic E-state index is 10.5. The number of hydrogen-bond donors (Lipinski definition) is 1. The van der Waals surface area contributed by atoms with E-state index in [1.54, 1.807) is 0 Å². The van der Waals surface area contributed by atoms with Gasteiger partial charge >= 0.3 is 0 Å². The molecule has 0 saturated heterocycles. The third-order valence-corrected chi connectivity index (χ3v) is 3.96. The largest absolute Gasteiger partial charge is 0.507 e. The lowest BCUT2D eigenvalue weighted by Crippen LogP contribution is -1.83. The van der Waals surface area contributed by atoms with Crippen LogP contribution in [0.1, 0.15) is 5.56 Å². The first-order valence-electron chi connectivity index (χ1n) is 6.95. The Morgan fingerprint density at radius 2 is 1.57 bits per heavy atom. The van der Waals surface area contributed by atoms with Gasteiger partial charge in [-0.3, -0.25) is 0 Å². The molecule has 1 heterocycles. The number of phenols is 1. The fourth-order valence-corrected chi connectivity index (χ4v) is 2.85. The second kappa shape index (κ2) is 4.38. The highest BCUT2D eigenvalue weighted by Gasteiger charge is 2.16. The topological polar surface area (TPSA) is 33.4 Å². The molecular weight excluding hydrogens is 260 g/mol. The molecule has 0 bridgehead atoms. The van der Waals surface area contributed by atoms with Gasteiger partial charge in [-0.15, -0.1) is 0 Å². The first-order valence-corrected chi connectivity index (χ1v) is 6.95. The van der Waals surface area contributed by atoms with E-state index in [-0.39, 0.29) is 5.75 Å². The van der Waals surface area contributed by atoms with Gasteiger partial charge < -0.3 is 9.52 Å². The number of benzene rings is 3. The van der Waals surface area contributed by atoms with Crippen LogP contribution in [0.3, 0.4) is 0 Å². The third kappa shape index (κ3) is 1.73. The van der Waals surface area contributed by atoms with Crippen molar-refractivity contribution in [3.63, 3.8) is 0 Å². The van der Waals surface area contributed by atoms with Crippen LogP contribution in [0.25, 0.3) is 33.1 Å². The predicted molar refractivity (Wildman–Crippen MR) is 85.6 cm³/mol. The number of hydrogen-bond acceptors (Lipinski definition) is 2. The van der Waals surface area contributed by atoms with E-state index in [0.29, 0.717) is 0 Å². The molecule has 1 N–H and O–H groups in total. The van der Waals surface area contributed by atoms with Gasteiger partial charge in [-0.05, 0) is 24.6 Å². The molecule has 0 fully saturated rings. The van der Waals surface area contributed by atoms with Gasteiger partial charge in [-0.2, -0.15) is 0 Å². The van der Waals surface area contributed by atoms with Gasteiger partial charge in [0.15, 0.2) is 0 Å². The minimum Gasteiger partial charge on any atom is -0.507 e. The normalized spacial score (nSPS) is 11.3. The Morgan fingerprint density at radius 3 is 2.38 bits per heavy atom. The van der Waals surface area contributed by atoms with Gasteiger partial charge in [0.25, 0.3) is 0 Å². The standard InChI is InChI=1S/C19H14O2/c1-12-18(20)15(13-7-3-2-4-8-13)11-16-14-9-5-6-10-17(14)21-19(12)16/h2-11,20H,1H3.